The maximum absolute atomic E-state index is 5.70. The van der Waals surface area contributed by atoms with Crippen molar-refractivity contribution in [3.8, 4) is 0 Å². The Morgan fingerprint density at radius 3 is 1.58 bits per heavy atom. The molecule has 0 bridgehead atoms. The molecule has 4 rings (SSSR count). The molecule has 0 spiro atoms. The van der Waals surface area contributed by atoms with Crippen LogP contribution in [0.15, 0.2) is 67.8 Å². The van der Waals surface area contributed by atoms with Gasteiger partial charge in [0.2, 0.25) is 0 Å². The van der Waals surface area contributed by atoms with Crippen LogP contribution >= 0.6 is 23.5 Å². The number of nitrogens with zero attached hydrogens (tertiary/aromatic N) is 2. The maximum atomic E-state index is 5.70. The number of aromatic nitrogens is 2. The molecule has 2 heterocycles. The van der Waals surface area contributed by atoms with Gasteiger partial charge in [0.15, 0.2) is 11.2 Å². The number of hydrogen-bond acceptors (Lipinski definition) is 6. The van der Waals surface area contributed by atoms with Gasteiger partial charge in [0.25, 0.3) is 10.4 Å². The smallest absolute Gasteiger partial charge is 0.256 e. The third-order valence-electron chi connectivity index (χ3n) is 3.54. The number of hydrogen-bond donors (Lipinski definition) is 0. The fourth-order valence-corrected chi connectivity index (χ4v) is 4.02. The van der Waals surface area contributed by atoms with E-state index in [2.05, 4.69) is 9.97 Å². The highest BCUT2D eigenvalue weighted by molar-refractivity contribution is 7.99. The number of unbranched alkanes of at least 4 members (excludes halogenated alkanes) is 1. The quantitative estimate of drug-likeness (QED) is 0.316. The van der Waals surface area contributed by atoms with E-state index in [0.29, 0.717) is 0 Å². The second-order valence-electron chi connectivity index (χ2n) is 5.30. The van der Waals surface area contributed by atoms with Crippen LogP contribution in [0.3, 0.4) is 0 Å². The summed E-state index contributed by atoms with van der Waals surface area (Å²) < 4.78 is 11.4. The van der Waals surface area contributed by atoms with Gasteiger partial charge in [0, 0.05) is 11.5 Å². The zero-order chi connectivity index (χ0) is 16.2. The van der Waals surface area contributed by atoms with E-state index in [1.807, 2.05) is 48.5 Å². The Bertz CT molecular complexity index is 804. The molecule has 4 aromatic rings. The third kappa shape index (κ3) is 3.60. The Labute approximate surface area is 148 Å². The topological polar surface area (TPSA) is 52.1 Å². The van der Waals surface area contributed by atoms with E-state index < -0.39 is 0 Å². The minimum atomic E-state index is 0.753. The van der Waals surface area contributed by atoms with Gasteiger partial charge >= 0.3 is 0 Å². The lowest BCUT2D eigenvalue weighted by Crippen LogP contribution is -1.84. The minimum Gasteiger partial charge on any atom is -0.431 e. The summed E-state index contributed by atoms with van der Waals surface area (Å²) in [6.45, 7) is 0. The molecular weight excluding hydrogens is 340 g/mol. The van der Waals surface area contributed by atoms with Gasteiger partial charge in [0.05, 0.1) is 0 Å². The Morgan fingerprint density at radius 1 is 0.667 bits per heavy atom. The first kappa shape index (κ1) is 15.6. The number of oxazole rings is 2. The first-order valence-corrected chi connectivity index (χ1v) is 9.82. The normalized spacial score (nSPS) is 11.5. The summed E-state index contributed by atoms with van der Waals surface area (Å²) in [5.74, 6) is 2.00. The molecule has 0 aliphatic carbocycles. The standard InChI is InChI=1S/C18H16N2O2S2/c1-3-9-15-13(7-1)19-17(21-15)23-11-5-6-12-24-18-20-14-8-2-4-10-16(14)22-18/h1-4,7-10H,5-6,11-12H2. The van der Waals surface area contributed by atoms with E-state index in [1.54, 1.807) is 23.5 Å². The van der Waals surface area contributed by atoms with Crippen molar-refractivity contribution in [1.29, 1.82) is 0 Å². The maximum Gasteiger partial charge on any atom is 0.256 e. The number of thioether (sulfide) groups is 2. The number of benzene rings is 2. The van der Waals surface area contributed by atoms with Gasteiger partial charge in [-0.2, -0.15) is 0 Å². The fourth-order valence-electron chi connectivity index (χ4n) is 2.35. The van der Waals surface area contributed by atoms with Gasteiger partial charge in [-0.3, -0.25) is 0 Å². The van der Waals surface area contributed by atoms with E-state index in [-0.39, 0.29) is 0 Å². The fraction of sp³-hybridized carbons (Fsp3) is 0.222. The van der Waals surface area contributed by atoms with Crippen molar-refractivity contribution in [3.63, 3.8) is 0 Å². The van der Waals surface area contributed by atoms with E-state index in [0.717, 1.165) is 57.0 Å². The Balaban J connectivity index is 1.20. The summed E-state index contributed by atoms with van der Waals surface area (Å²) in [5.41, 5.74) is 3.55. The van der Waals surface area contributed by atoms with Crippen molar-refractivity contribution in [2.75, 3.05) is 11.5 Å². The average Bonchev–Trinajstić information content (AvgIpc) is 3.20. The van der Waals surface area contributed by atoms with Crippen molar-refractivity contribution in [2.45, 2.75) is 23.3 Å². The van der Waals surface area contributed by atoms with Crippen molar-refractivity contribution in [2.24, 2.45) is 0 Å². The van der Waals surface area contributed by atoms with Crippen LogP contribution in [0.2, 0.25) is 0 Å². The van der Waals surface area contributed by atoms with Crippen molar-refractivity contribution in [1.82, 2.24) is 9.97 Å². The van der Waals surface area contributed by atoms with Crippen LogP contribution in [-0.2, 0) is 0 Å². The van der Waals surface area contributed by atoms with Gasteiger partial charge in [-0.25, -0.2) is 9.97 Å². The molecule has 0 N–H and O–H groups in total. The summed E-state index contributed by atoms with van der Waals surface area (Å²) in [7, 11) is 0. The summed E-state index contributed by atoms with van der Waals surface area (Å²) in [6.07, 6.45) is 2.22. The third-order valence-corrected chi connectivity index (χ3v) is 5.37. The first-order valence-electron chi connectivity index (χ1n) is 7.85. The molecule has 6 heteroatoms. The van der Waals surface area contributed by atoms with Gasteiger partial charge in [-0.15, -0.1) is 0 Å². The Hall–Kier alpha value is -1.92. The molecule has 0 saturated carbocycles. The second-order valence-corrected chi connectivity index (χ2v) is 7.39. The number of para-hydroxylation sites is 4. The Morgan fingerprint density at radius 2 is 1.12 bits per heavy atom. The predicted molar refractivity (Wildman–Crippen MR) is 98.7 cm³/mol. The molecule has 0 aliphatic rings. The molecule has 0 radical (unpaired) electrons. The molecule has 2 aromatic carbocycles. The van der Waals surface area contributed by atoms with Gasteiger partial charge < -0.3 is 8.83 Å². The van der Waals surface area contributed by atoms with Crippen LogP contribution < -0.4 is 0 Å². The van der Waals surface area contributed by atoms with E-state index in [9.17, 15) is 0 Å². The lowest BCUT2D eigenvalue weighted by atomic mass is 10.3. The van der Waals surface area contributed by atoms with E-state index >= 15 is 0 Å². The molecule has 0 fully saturated rings. The van der Waals surface area contributed by atoms with Gasteiger partial charge in [-0.1, -0.05) is 47.8 Å². The van der Waals surface area contributed by atoms with Crippen LogP contribution in [-0.4, -0.2) is 21.5 Å². The second kappa shape index (κ2) is 7.32. The predicted octanol–water partition coefficient (Wildman–Crippen LogP) is 5.63. The highest BCUT2D eigenvalue weighted by Gasteiger charge is 2.07. The van der Waals surface area contributed by atoms with Crippen molar-refractivity contribution >= 4 is 45.7 Å². The van der Waals surface area contributed by atoms with Gasteiger partial charge in [-0.05, 0) is 37.1 Å². The molecule has 0 unspecified atom stereocenters. The first-order chi connectivity index (χ1) is 11.9. The molecule has 0 aliphatic heterocycles. The van der Waals surface area contributed by atoms with Crippen molar-refractivity contribution in [3.05, 3.63) is 48.5 Å². The molecule has 0 saturated heterocycles. The highest BCUT2D eigenvalue weighted by atomic mass is 32.2. The average molecular weight is 356 g/mol. The zero-order valence-corrected chi connectivity index (χ0v) is 14.6. The minimum absolute atomic E-state index is 0.753. The molecule has 0 amide bonds. The molecule has 24 heavy (non-hydrogen) atoms. The van der Waals surface area contributed by atoms with Crippen molar-refractivity contribution < 1.29 is 8.83 Å². The molecule has 122 valence electrons. The molecule has 0 atom stereocenters. The monoisotopic (exact) mass is 356 g/mol. The lowest BCUT2D eigenvalue weighted by molar-refractivity contribution is 0.488. The molecule has 4 nitrogen and oxygen atoms in total. The Kier molecular flexibility index (Phi) is 4.76. The molecular formula is C18H16N2O2S2. The van der Waals surface area contributed by atoms with Crippen LogP contribution in [0.25, 0.3) is 22.2 Å². The van der Waals surface area contributed by atoms with Crippen LogP contribution in [0.5, 0.6) is 0 Å². The molecule has 2 aromatic heterocycles. The number of fused-ring (bicyclic) bond motifs is 2. The summed E-state index contributed by atoms with van der Waals surface area (Å²) in [4.78, 5) is 8.94. The SMILES string of the molecule is c1ccc2oc(SCCCCSc3nc4ccccc4o3)nc2c1. The summed E-state index contributed by atoms with van der Waals surface area (Å²) in [6, 6.07) is 15.7. The zero-order valence-electron chi connectivity index (χ0n) is 13.0. The van der Waals surface area contributed by atoms with Crippen LogP contribution in [0.4, 0.5) is 0 Å². The summed E-state index contributed by atoms with van der Waals surface area (Å²) in [5, 5.41) is 1.51. The highest BCUT2D eigenvalue weighted by Crippen LogP contribution is 2.26. The van der Waals surface area contributed by atoms with E-state index in [4.69, 9.17) is 8.83 Å². The number of rotatable bonds is 7. The van der Waals surface area contributed by atoms with E-state index in [1.165, 1.54) is 0 Å². The lowest BCUT2D eigenvalue weighted by Gasteiger charge is -1.97. The summed E-state index contributed by atoms with van der Waals surface area (Å²) >= 11 is 3.34. The van der Waals surface area contributed by atoms with Crippen LogP contribution in [0.1, 0.15) is 12.8 Å². The largest absolute Gasteiger partial charge is 0.431 e. The van der Waals surface area contributed by atoms with Crippen LogP contribution in [0, 0.1) is 0 Å². The van der Waals surface area contributed by atoms with Gasteiger partial charge in [0.1, 0.15) is 11.0 Å².